The van der Waals surface area contributed by atoms with Crippen molar-refractivity contribution >= 4 is 33.2 Å². The molecule has 7 nitrogen and oxygen atoms in total. The van der Waals surface area contributed by atoms with Gasteiger partial charge in [-0.3, -0.25) is 4.79 Å². The maximum atomic E-state index is 13.4. The predicted octanol–water partition coefficient (Wildman–Crippen LogP) is 6.11. The average Bonchev–Trinajstić information content (AvgIpc) is 2.93. The molecule has 2 aromatic carbocycles. The van der Waals surface area contributed by atoms with Crippen LogP contribution < -0.4 is 14.4 Å². The second kappa shape index (κ2) is 12.9. The molecule has 41 heavy (non-hydrogen) atoms. The standard InChI is InChI=1S/C32H43ClN2O5S/c1-3-31-21(2)7-6-9-29(36)27-14-11-24(27)19-35-16-5-4-8-22-17-26(33)13-10-25(22)20-40-30-15-12-23(18-28(30)35)32(37)34-41(31,38)39/h10,12-13,15,17-18,21,24,27,29,31,36H,3-9,11,14,16,19-20H2,1-2H3,(H,34,37)/t21-,24-,27+,29-,31+/m0/s1. The van der Waals surface area contributed by atoms with Crippen LogP contribution in [-0.4, -0.2) is 43.9 Å². The summed E-state index contributed by atoms with van der Waals surface area (Å²) in [5.74, 6) is 0.494. The molecule has 1 saturated carbocycles. The number of halogens is 1. The van der Waals surface area contributed by atoms with Gasteiger partial charge < -0.3 is 14.7 Å². The number of sulfonamides is 1. The van der Waals surface area contributed by atoms with Crippen LogP contribution in [0.2, 0.25) is 5.02 Å². The average molecular weight is 603 g/mol. The Hall–Kier alpha value is -2.29. The van der Waals surface area contributed by atoms with Crippen molar-refractivity contribution in [2.45, 2.75) is 89.6 Å². The Kier molecular flexibility index (Phi) is 9.51. The van der Waals surface area contributed by atoms with Crippen LogP contribution in [-0.2, 0) is 23.1 Å². The van der Waals surface area contributed by atoms with Crippen LogP contribution in [0.5, 0.6) is 5.75 Å². The Labute approximate surface area is 249 Å². The number of nitrogens with zero attached hydrogens (tertiary/aromatic N) is 1. The van der Waals surface area contributed by atoms with Gasteiger partial charge in [-0.05, 0) is 111 Å². The van der Waals surface area contributed by atoms with Gasteiger partial charge in [0, 0.05) is 23.7 Å². The molecule has 2 bridgehead atoms. The normalized spacial score (nSPS) is 29.0. The van der Waals surface area contributed by atoms with Crippen molar-refractivity contribution in [1.29, 1.82) is 0 Å². The van der Waals surface area contributed by atoms with Crippen molar-refractivity contribution < 1.29 is 23.1 Å². The third-order valence-electron chi connectivity index (χ3n) is 9.49. The number of fused-ring (bicyclic) bond motifs is 3. The Morgan fingerprint density at radius 2 is 1.88 bits per heavy atom. The molecule has 2 aliphatic heterocycles. The minimum atomic E-state index is -3.89. The molecule has 0 spiro atoms. The fourth-order valence-electron chi connectivity index (χ4n) is 6.93. The van der Waals surface area contributed by atoms with Crippen molar-refractivity contribution in [3.63, 3.8) is 0 Å². The SMILES string of the molecule is CC[C@@H]1[C@@H](C)CCC[C@H](O)[C@@H]2CC[C@H]2CN2CCCCc3cc(Cl)ccc3COc3ccc(cc32)C(=O)NS1(=O)=O. The van der Waals surface area contributed by atoms with E-state index in [-0.39, 0.29) is 11.8 Å². The highest BCUT2D eigenvalue weighted by molar-refractivity contribution is 7.90. The monoisotopic (exact) mass is 602 g/mol. The number of carbonyl (C=O) groups excluding carboxylic acids is 1. The van der Waals surface area contributed by atoms with Gasteiger partial charge >= 0.3 is 0 Å². The quantitative estimate of drug-likeness (QED) is 0.409. The molecule has 2 heterocycles. The third-order valence-corrected chi connectivity index (χ3v) is 11.8. The smallest absolute Gasteiger partial charge is 0.264 e. The van der Waals surface area contributed by atoms with Gasteiger partial charge in [0.15, 0.2) is 0 Å². The van der Waals surface area contributed by atoms with Crippen LogP contribution in [0.15, 0.2) is 36.4 Å². The molecule has 9 heteroatoms. The molecule has 1 fully saturated rings. The number of anilines is 1. The van der Waals surface area contributed by atoms with Gasteiger partial charge in [0.1, 0.15) is 12.4 Å². The van der Waals surface area contributed by atoms with Gasteiger partial charge in [-0.2, -0.15) is 0 Å². The summed E-state index contributed by atoms with van der Waals surface area (Å²) < 4.78 is 35.5. The Morgan fingerprint density at radius 1 is 1.05 bits per heavy atom. The lowest BCUT2D eigenvalue weighted by molar-refractivity contribution is 0.00885. The summed E-state index contributed by atoms with van der Waals surface area (Å²) in [5, 5.41) is 11.2. The fraction of sp³-hybridized carbons (Fsp3) is 0.594. The molecule has 5 rings (SSSR count). The highest BCUT2D eigenvalue weighted by atomic mass is 35.5. The lowest BCUT2D eigenvalue weighted by atomic mass is 9.69. The van der Waals surface area contributed by atoms with E-state index in [0.29, 0.717) is 48.1 Å². The van der Waals surface area contributed by atoms with Crippen molar-refractivity contribution in [2.24, 2.45) is 17.8 Å². The number of carbonyl (C=O) groups is 1. The summed E-state index contributed by atoms with van der Waals surface area (Å²) in [5.41, 5.74) is 3.35. The van der Waals surface area contributed by atoms with E-state index in [1.807, 2.05) is 32.0 Å². The molecule has 0 saturated heterocycles. The zero-order valence-electron chi connectivity index (χ0n) is 24.1. The second-order valence-corrected chi connectivity index (χ2v) is 14.5. The number of amides is 1. The first-order valence-corrected chi connectivity index (χ1v) is 17.1. The highest BCUT2D eigenvalue weighted by Gasteiger charge is 2.38. The summed E-state index contributed by atoms with van der Waals surface area (Å²) in [7, 11) is -3.89. The number of aliphatic hydroxyl groups excluding tert-OH is 1. The first kappa shape index (κ1) is 30.2. The maximum Gasteiger partial charge on any atom is 0.264 e. The van der Waals surface area contributed by atoms with E-state index >= 15 is 0 Å². The van der Waals surface area contributed by atoms with Crippen LogP contribution in [0.25, 0.3) is 0 Å². The number of hydrogen-bond acceptors (Lipinski definition) is 6. The number of rotatable bonds is 1. The summed E-state index contributed by atoms with van der Waals surface area (Å²) in [4.78, 5) is 15.7. The van der Waals surface area contributed by atoms with Crippen LogP contribution in [0.1, 0.15) is 86.7 Å². The summed E-state index contributed by atoms with van der Waals surface area (Å²) >= 11 is 6.30. The van der Waals surface area contributed by atoms with E-state index in [9.17, 15) is 18.3 Å². The highest BCUT2D eigenvalue weighted by Crippen LogP contribution is 2.41. The molecule has 1 aliphatic carbocycles. The van der Waals surface area contributed by atoms with Crippen molar-refractivity contribution in [1.82, 2.24) is 4.72 Å². The number of nitrogens with one attached hydrogen (secondary N) is 1. The molecule has 3 aliphatic rings. The molecule has 0 unspecified atom stereocenters. The van der Waals surface area contributed by atoms with Gasteiger partial charge in [-0.15, -0.1) is 0 Å². The first-order chi connectivity index (χ1) is 19.7. The topological polar surface area (TPSA) is 95.9 Å². The fourth-order valence-corrected chi connectivity index (χ4v) is 8.84. The summed E-state index contributed by atoms with van der Waals surface area (Å²) in [6.45, 7) is 5.67. The van der Waals surface area contributed by atoms with Crippen LogP contribution in [0.3, 0.4) is 0 Å². The molecule has 0 aromatic heterocycles. The zero-order valence-corrected chi connectivity index (χ0v) is 25.7. The van der Waals surface area contributed by atoms with Gasteiger partial charge in [0.25, 0.3) is 5.91 Å². The zero-order chi connectivity index (χ0) is 29.1. The number of benzene rings is 2. The number of hydrogen-bond donors (Lipinski definition) is 2. The predicted molar refractivity (Wildman–Crippen MR) is 163 cm³/mol. The Morgan fingerprint density at radius 3 is 2.63 bits per heavy atom. The molecule has 5 atom stereocenters. The summed E-state index contributed by atoms with van der Waals surface area (Å²) in [6, 6.07) is 11.1. The van der Waals surface area contributed by atoms with Gasteiger partial charge in [-0.1, -0.05) is 37.9 Å². The minimum Gasteiger partial charge on any atom is -0.487 e. The van der Waals surface area contributed by atoms with E-state index in [2.05, 4.69) is 9.62 Å². The lowest BCUT2D eigenvalue weighted by Crippen LogP contribution is -2.44. The van der Waals surface area contributed by atoms with Gasteiger partial charge in [0.2, 0.25) is 10.0 Å². The number of ether oxygens (including phenoxy) is 1. The first-order valence-electron chi connectivity index (χ1n) is 15.2. The van der Waals surface area contributed by atoms with Gasteiger partial charge in [0.05, 0.1) is 17.0 Å². The van der Waals surface area contributed by atoms with E-state index in [1.54, 1.807) is 18.2 Å². The van der Waals surface area contributed by atoms with E-state index < -0.39 is 27.3 Å². The Bertz CT molecular complexity index is 1350. The van der Waals surface area contributed by atoms with E-state index in [1.165, 1.54) is 5.56 Å². The minimum absolute atomic E-state index is 0.128. The molecule has 224 valence electrons. The van der Waals surface area contributed by atoms with E-state index in [0.717, 1.165) is 62.9 Å². The van der Waals surface area contributed by atoms with Crippen molar-refractivity contribution in [2.75, 3.05) is 18.0 Å². The maximum absolute atomic E-state index is 13.4. The Balaban J connectivity index is 1.53. The van der Waals surface area contributed by atoms with Crippen molar-refractivity contribution in [3.8, 4) is 5.75 Å². The third kappa shape index (κ3) is 6.86. The number of aryl methyl sites for hydroxylation is 1. The molecule has 2 aromatic rings. The van der Waals surface area contributed by atoms with Gasteiger partial charge in [-0.25, -0.2) is 13.1 Å². The molecule has 1 amide bonds. The second-order valence-electron chi connectivity index (χ2n) is 12.2. The number of aliphatic hydroxyl groups is 1. The van der Waals surface area contributed by atoms with Crippen LogP contribution >= 0.6 is 11.6 Å². The van der Waals surface area contributed by atoms with Crippen molar-refractivity contribution in [3.05, 3.63) is 58.1 Å². The largest absolute Gasteiger partial charge is 0.487 e. The molecular formula is C32H43ClN2O5S. The summed E-state index contributed by atoms with van der Waals surface area (Å²) in [6.07, 6.45) is 7.02. The molecular weight excluding hydrogens is 560 g/mol. The van der Waals surface area contributed by atoms with Crippen LogP contribution in [0.4, 0.5) is 5.69 Å². The lowest BCUT2D eigenvalue weighted by Gasteiger charge is -2.43. The molecule has 0 radical (unpaired) electrons. The molecule has 2 N–H and O–H groups in total. The van der Waals surface area contributed by atoms with Crippen LogP contribution in [0, 0.1) is 17.8 Å². The van der Waals surface area contributed by atoms with E-state index in [4.69, 9.17) is 16.3 Å².